The van der Waals surface area contributed by atoms with E-state index >= 15 is 0 Å². The van der Waals surface area contributed by atoms with Crippen molar-refractivity contribution in [3.63, 3.8) is 0 Å². The van der Waals surface area contributed by atoms with Gasteiger partial charge in [-0.3, -0.25) is 0 Å². The van der Waals surface area contributed by atoms with E-state index in [1.807, 2.05) is 19.1 Å². The van der Waals surface area contributed by atoms with Crippen molar-refractivity contribution in [2.75, 3.05) is 7.11 Å². The summed E-state index contributed by atoms with van der Waals surface area (Å²) in [5.41, 5.74) is 3.21. The first-order chi connectivity index (χ1) is 7.90. The van der Waals surface area contributed by atoms with Crippen LogP contribution in [0, 0.1) is 6.92 Å². The van der Waals surface area contributed by atoms with Crippen molar-refractivity contribution in [2.45, 2.75) is 39.7 Å². The Labute approximate surface area is 103 Å². The van der Waals surface area contributed by atoms with Gasteiger partial charge < -0.3 is 4.74 Å². The Hall–Kier alpha value is -1.60. The Bertz CT molecular complexity index is 452. The first-order valence-electron chi connectivity index (χ1n) is 5.61. The van der Waals surface area contributed by atoms with E-state index in [0.29, 0.717) is 6.54 Å². The van der Waals surface area contributed by atoms with Gasteiger partial charge in [-0.05, 0) is 29.5 Å². The SMILES string of the molecule is COc1c(C)cc(CN=C=O)cc1C(C)(C)C. The van der Waals surface area contributed by atoms with Gasteiger partial charge in [0, 0.05) is 5.56 Å². The molecule has 0 saturated heterocycles. The van der Waals surface area contributed by atoms with Gasteiger partial charge in [0.2, 0.25) is 6.08 Å². The number of methoxy groups -OCH3 is 1. The van der Waals surface area contributed by atoms with E-state index in [4.69, 9.17) is 4.74 Å². The molecule has 0 spiro atoms. The van der Waals surface area contributed by atoms with Crippen LogP contribution in [-0.4, -0.2) is 13.2 Å². The molecule has 1 rings (SSSR count). The summed E-state index contributed by atoms with van der Waals surface area (Å²) in [6, 6.07) is 4.04. The van der Waals surface area contributed by atoms with Gasteiger partial charge in [0.15, 0.2) is 0 Å². The van der Waals surface area contributed by atoms with Crippen LogP contribution < -0.4 is 4.74 Å². The van der Waals surface area contributed by atoms with Crippen LogP contribution in [0.2, 0.25) is 0 Å². The molecular weight excluding hydrogens is 214 g/mol. The van der Waals surface area contributed by atoms with Crippen molar-refractivity contribution >= 4 is 6.08 Å². The fourth-order valence-electron chi connectivity index (χ4n) is 1.89. The van der Waals surface area contributed by atoms with Gasteiger partial charge in [-0.2, -0.15) is 0 Å². The van der Waals surface area contributed by atoms with Crippen molar-refractivity contribution < 1.29 is 9.53 Å². The van der Waals surface area contributed by atoms with Gasteiger partial charge in [0.05, 0.1) is 13.7 Å². The van der Waals surface area contributed by atoms with E-state index in [0.717, 1.165) is 22.4 Å². The normalized spacial score (nSPS) is 10.9. The largest absolute Gasteiger partial charge is 0.496 e. The van der Waals surface area contributed by atoms with Crippen LogP contribution in [0.1, 0.15) is 37.5 Å². The molecule has 0 fully saturated rings. The predicted octanol–water partition coefficient (Wildman–Crippen LogP) is 3.14. The number of hydrogen-bond donors (Lipinski definition) is 0. The standard InChI is InChI=1S/C14H19NO2/c1-10-6-11(8-15-9-16)7-12(13(10)17-5)14(2,3)4/h6-7H,8H2,1-5H3. The Kier molecular flexibility index (Phi) is 4.08. The Morgan fingerprint density at radius 2 is 2.00 bits per heavy atom. The fraction of sp³-hybridized carbons (Fsp3) is 0.500. The molecule has 3 heteroatoms. The number of benzene rings is 1. The van der Waals surface area contributed by atoms with Crippen LogP contribution in [0.25, 0.3) is 0 Å². The molecule has 1 aromatic rings. The van der Waals surface area contributed by atoms with E-state index in [2.05, 4.69) is 25.8 Å². The van der Waals surface area contributed by atoms with Gasteiger partial charge in [0.25, 0.3) is 0 Å². The molecule has 0 aromatic heterocycles. The second-order valence-electron chi connectivity index (χ2n) is 5.15. The van der Waals surface area contributed by atoms with Gasteiger partial charge >= 0.3 is 0 Å². The number of carbonyl (C=O) groups excluding carboxylic acids is 1. The highest BCUT2D eigenvalue weighted by Gasteiger charge is 2.20. The number of aryl methyl sites for hydroxylation is 1. The highest BCUT2D eigenvalue weighted by atomic mass is 16.5. The Morgan fingerprint density at radius 3 is 2.47 bits per heavy atom. The molecule has 0 saturated carbocycles. The Balaban J connectivity index is 3.33. The summed E-state index contributed by atoms with van der Waals surface area (Å²) in [5.74, 6) is 0.913. The zero-order chi connectivity index (χ0) is 13.1. The lowest BCUT2D eigenvalue weighted by atomic mass is 9.84. The van der Waals surface area contributed by atoms with Crippen molar-refractivity contribution in [1.82, 2.24) is 0 Å². The molecule has 0 radical (unpaired) electrons. The quantitative estimate of drug-likeness (QED) is 0.594. The van der Waals surface area contributed by atoms with E-state index in [1.54, 1.807) is 13.2 Å². The van der Waals surface area contributed by atoms with Crippen LogP contribution in [0.5, 0.6) is 5.75 Å². The summed E-state index contributed by atoms with van der Waals surface area (Å²) < 4.78 is 5.45. The zero-order valence-electron chi connectivity index (χ0n) is 11.1. The molecule has 0 amide bonds. The van der Waals surface area contributed by atoms with E-state index in [9.17, 15) is 4.79 Å². The molecule has 17 heavy (non-hydrogen) atoms. The van der Waals surface area contributed by atoms with E-state index in [-0.39, 0.29) is 5.41 Å². The maximum Gasteiger partial charge on any atom is 0.235 e. The first kappa shape index (κ1) is 13.5. The van der Waals surface area contributed by atoms with Gasteiger partial charge in [0.1, 0.15) is 5.75 Å². The lowest BCUT2D eigenvalue weighted by molar-refractivity contribution is 0.394. The minimum Gasteiger partial charge on any atom is -0.496 e. The molecule has 0 N–H and O–H groups in total. The predicted molar refractivity (Wildman–Crippen MR) is 68.3 cm³/mol. The molecule has 0 bridgehead atoms. The second kappa shape index (κ2) is 5.15. The van der Waals surface area contributed by atoms with Crippen molar-refractivity contribution in [3.8, 4) is 5.75 Å². The second-order valence-corrected chi connectivity index (χ2v) is 5.15. The van der Waals surface area contributed by atoms with Crippen LogP contribution in [0.15, 0.2) is 17.1 Å². The summed E-state index contributed by atoms with van der Waals surface area (Å²) >= 11 is 0. The molecule has 3 nitrogen and oxygen atoms in total. The summed E-state index contributed by atoms with van der Waals surface area (Å²) in [5, 5.41) is 0. The van der Waals surface area contributed by atoms with Gasteiger partial charge in [-0.1, -0.05) is 26.8 Å². The minimum absolute atomic E-state index is 0.00297. The van der Waals surface area contributed by atoms with Crippen molar-refractivity contribution in [2.24, 2.45) is 4.99 Å². The number of ether oxygens (including phenoxy) is 1. The summed E-state index contributed by atoms with van der Waals surface area (Å²) in [6.45, 7) is 8.78. The molecule has 0 aliphatic carbocycles. The van der Waals surface area contributed by atoms with Crippen LogP contribution in [0.3, 0.4) is 0 Å². The molecule has 92 valence electrons. The Morgan fingerprint density at radius 1 is 1.35 bits per heavy atom. The van der Waals surface area contributed by atoms with Crippen LogP contribution in [0.4, 0.5) is 0 Å². The monoisotopic (exact) mass is 233 g/mol. The number of nitrogens with zero attached hydrogens (tertiary/aromatic N) is 1. The lowest BCUT2D eigenvalue weighted by Crippen LogP contribution is -2.14. The van der Waals surface area contributed by atoms with E-state index < -0.39 is 0 Å². The molecule has 0 unspecified atom stereocenters. The average molecular weight is 233 g/mol. The maximum absolute atomic E-state index is 10.2. The number of aliphatic imine (C=N–C) groups is 1. The molecular formula is C14H19NO2. The fourth-order valence-corrected chi connectivity index (χ4v) is 1.89. The summed E-state index contributed by atoms with van der Waals surface area (Å²) in [6.07, 6.45) is 1.57. The van der Waals surface area contributed by atoms with Crippen molar-refractivity contribution in [3.05, 3.63) is 28.8 Å². The first-order valence-corrected chi connectivity index (χ1v) is 5.61. The number of hydrogen-bond acceptors (Lipinski definition) is 3. The van der Waals surface area contributed by atoms with Gasteiger partial charge in [-0.15, -0.1) is 0 Å². The lowest BCUT2D eigenvalue weighted by Gasteiger charge is -2.24. The van der Waals surface area contributed by atoms with Gasteiger partial charge in [-0.25, -0.2) is 9.79 Å². The van der Waals surface area contributed by atoms with Crippen molar-refractivity contribution in [1.29, 1.82) is 0 Å². The minimum atomic E-state index is -0.00297. The molecule has 0 atom stereocenters. The number of rotatable bonds is 3. The smallest absolute Gasteiger partial charge is 0.235 e. The highest BCUT2D eigenvalue weighted by molar-refractivity contribution is 5.47. The summed E-state index contributed by atoms with van der Waals surface area (Å²) in [4.78, 5) is 13.8. The van der Waals surface area contributed by atoms with Crippen LogP contribution >= 0.6 is 0 Å². The molecule has 0 aliphatic heterocycles. The maximum atomic E-state index is 10.2. The average Bonchev–Trinajstić information content (AvgIpc) is 2.24. The third-order valence-electron chi connectivity index (χ3n) is 2.67. The van der Waals surface area contributed by atoms with E-state index in [1.165, 1.54) is 0 Å². The molecule has 0 aliphatic rings. The molecule has 0 heterocycles. The number of isocyanates is 1. The molecule has 1 aromatic carbocycles. The third kappa shape index (κ3) is 3.18. The third-order valence-corrected chi connectivity index (χ3v) is 2.67. The zero-order valence-corrected chi connectivity index (χ0v) is 11.1. The summed E-state index contributed by atoms with van der Waals surface area (Å²) in [7, 11) is 1.68. The topological polar surface area (TPSA) is 38.7 Å². The van der Waals surface area contributed by atoms with Crippen LogP contribution in [-0.2, 0) is 16.8 Å². The highest BCUT2D eigenvalue weighted by Crippen LogP contribution is 2.34.